The first kappa shape index (κ1) is 21.5. The molecule has 1 aliphatic heterocycles. The highest BCUT2D eigenvalue weighted by atomic mass is 32.2. The van der Waals surface area contributed by atoms with E-state index in [9.17, 15) is 8.42 Å². The van der Waals surface area contributed by atoms with Crippen molar-refractivity contribution in [3.63, 3.8) is 0 Å². The minimum absolute atomic E-state index is 0.302. The summed E-state index contributed by atoms with van der Waals surface area (Å²) in [6.45, 7) is 8.15. The lowest BCUT2D eigenvalue weighted by Gasteiger charge is -2.26. The van der Waals surface area contributed by atoms with Crippen molar-refractivity contribution < 1.29 is 8.42 Å². The van der Waals surface area contributed by atoms with Crippen LogP contribution in [0.15, 0.2) is 47.4 Å². The van der Waals surface area contributed by atoms with Crippen LogP contribution in [0.5, 0.6) is 0 Å². The molecule has 0 aromatic heterocycles. The monoisotopic (exact) mass is 437 g/mol. The number of nitrogens with zero attached hydrogens (tertiary/aromatic N) is 2. The van der Waals surface area contributed by atoms with Gasteiger partial charge in [-0.2, -0.15) is 0 Å². The van der Waals surface area contributed by atoms with Gasteiger partial charge in [0.1, 0.15) is 0 Å². The van der Waals surface area contributed by atoms with Crippen LogP contribution < -0.4 is 14.5 Å². The summed E-state index contributed by atoms with van der Waals surface area (Å²) in [5, 5.41) is 1.65. The Labute approximate surface area is 185 Å². The van der Waals surface area contributed by atoms with Crippen LogP contribution in [0.3, 0.4) is 0 Å². The number of hydrogen-bond acceptors (Lipinski definition) is 4. The molecule has 0 saturated carbocycles. The van der Waals surface area contributed by atoms with Crippen molar-refractivity contribution in [2.75, 3.05) is 41.7 Å². The van der Waals surface area contributed by atoms with Crippen LogP contribution in [-0.4, -0.2) is 35.6 Å². The molecule has 164 valence electrons. The summed E-state index contributed by atoms with van der Waals surface area (Å²) in [6.07, 6.45) is 2.36. The van der Waals surface area contributed by atoms with E-state index in [1.807, 2.05) is 63.2 Å². The normalized spacial score (nSPS) is 14.3. The quantitative estimate of drug-likeness (QED) is 0.594. The Morgan fingerprint density at radius 3 is 2.23 bits per heavy atom. The third kappa shape index (κ3) is 3.85. The first-order valence-electron chi connectivity index (χ1n) is 10.8. The number of aryl methyl sites for hydroxylation is 2. The Hall–Kier alpha value is -2.73. The zero-order valence-corrected chi connectivity index (χ0v) is 19.8. The molecule has 0 aliphatic carbocycles. The highest BCUT2D eigenvalue weighted by molar-refractivity contribution is 7.93. The van der Waals surface area contributed by atoms with Crippen molar-refractivity contribution >= 4 is 37.9 Å². The molecule has 0 radical (unpaired) electrons. The first-order valence-corrected chi connectivity index (χ1v) is 12.3. The van der Waals surface area contributed by atoms with Crippen molar-refractivity contribution in [2.24, 2.45) is 0 Å². The van der Waals surface area contributed by atoms with Crippen LogP contribution in [0.2, 0.25) is 0 Å². The van der Waals surface area contributed by atoms with E-state index in [0.29, 0.717) is 10.6 Å². The van der Waals surface area contributed by atoms with Crippen LogP contribution in [-0.2, 0) is 10.0 Å². The fourth-order valence-corrected chi connectivity index (χ4v) is 6.26. The number of benzene rings is 3. The van der Waals surface area contributed by atoms with Crippen molar-refractivity contribution in [3.05, 3.63) is 59.2 Å². The molecule has 1 N–H and O–H groups in total. The Morgan fingerprint density at radius 1 is 0.903 bits per heavy atom. The second-order valence-corrected chi connectivity index (χ2v) is 10.3. The molecule has 0 unspecified atom stereocenters. The van der Waals surface area contributed by atoms with Gasteiger partial charge in [0.15, 0.2) is 0 Å². The Bertz CT molecular complexity index is 1240. The Kier molecular flexibility index (Phi) is 5.60. The molecule has 0 bridgehead atoms. The molecule has 1 aliphatic rings. The molecular formula is C25H31N3O2S. The third-order valence-electron chi connectivity index (χ3n) is 6.22. The summed E-state index contributed by atoms with van der Waals surface area (Å²) >= 11 is 0. The van der Waals surface area contributed by atoms with Crippen LogP contribution in [0.4, 0.5) is 17.1 Å². The number of fused-ring (bicyclic) bond motifs is 1. The highest BCUT2D eigenvalue weighted by Gasteiger charge is 2.24. The minimum atomic E-state index is -3.77. The van der Waals surface area contributed by atoms with Gasteiger partial charge >= 0.3 is 0 Å². The summed E-state index contributed by atoms with van der Waals surface area (Å²) < 4.78 is 30.1. The lowest BCUT2D eigenvalue weighted by Crippen LogP contribution is -2.22. The van der Waals surface area contributed by atoms with Gasteiger partial charge in [-0.25, -0.2) is 8.42 Å². The van der Waals surface area contributed by atoms with Crippen molar-refractivity contribution in [3.8, 4) is 0 Å². The molecular weight excluding hydrogens is 406 g/mol. The largest absolute Gasteiger partial charge is 0.377 e. The van der Waals surface area contributed by atoms with Crippen molar-refractivity contribution in [1.82, 2.24) is 0 Å². The number of sulfonamides is 1. The summed E-state index contributed by atoms with van der Waals surface area (Å²) in [6, 6.07) is 13.3. The molecule has 0 amide bonds. The summed E-state index contributed by atoms with van der Waals surface area (Å²) in [4.78, 5) is 4.68. The van der Waals surface area contributed by atoms with E-state index in [4.69, 9.17) is 0 Å². The van der Waals surface area contributed by atoms with E-state index in [2.05, 4.69) is 22.6 Å². The molecule has 3 aromatic rings. The first-order chi connectivity index (χ1) is 14.7. The Balaban J connectivity index is 1.82. The van der Waals surface area contributed by atoms with E-state index in [-0.39, 0.29) is 0 Å². The van der Waals surface area contributed by atoms with Gasteiger partial charge in [-0.1, -0.05) is 30.3 Å². The van der Waals surface area contributed by atoms with Crippen molar-refractivity contribution in [2.45, 2.75) is 38.5 Å². The summed E-state index contributed by atoms with van der Waals surface area (Å²) in [7, 11) is 0.163. The smallest absolute Gasteiger partial charge is 0.262 e. The average Bonchev–Trinajstić information content (AvgIpc) is 3.24. The van der Waals surface area contributed by atoms with E-state index in [1.54, 1.807) is 6.07 Å². The zero-order chi connectivity index (χ0) is 22.3. The lowest BCUT2D eigenvalue weighted by molar-refractivity contribution is 0.602. The van der Waals surface area contributed by atoms with Gasteiger partial charge in [0.2, 0.25) is 0 Å². The van der Waals surface area contributed by atoms with Gasteiger partial charge in [0, 0.05) is 49.3 Å². The molecule has 31 heavy (non-hydrogen) atoms. The molecule has 5 nitrogen and oxygen atoms in total. The molecule has 3 aromatic carbocycles. The topological polar surface area (TPSA) is 52.7 Å². The Morgan fingerprint density at radius 2 is 1.55 bits per heavy atom. The minimum Gasteiger partial charge on any atom is -0.377 e. The van der Waals surface area contributed by atoms with Gasteiger partial charge in [0.25, 0.3) is 10.0 Å². The van der Waals surface area contributed by atoms with E-state index in [1.165, 1.54) is 18.4 Å². The molecule has 4 rings (SSSR count). The zero-order valence-electron chi connectivity index (χ0n) is 19.0. The number of hydrogen-bond donors (Lipinski definition) is 1. The number of rotatable bonds is 5. The van der Waals surface area contributed by atoms with Crippen molar-refractivity contribution in [1.29, 1.82) is 0 Å². The molecule has 0 atom stereocenters. The third-order valence-corrected chi connectivity index (χ3v) is 7.63. The van der Waals surface area contributed by atoms with Gasteiger partial charge in [-0.05, 0) is 62.4 Å². The predicted octanol–water partition coefficient (Wildman–Crippen LogP) is 5.23. The second kappa shape index (κ2) is 8.08. The van der Waals surface area contributed by atoms with E-state index in [0.717, 1.165) is 46.4 Å². The summed E-state index contributed by atoms with van der Waals surface area (Å²) in [5.41, 5.74) is 5.98. The number of nitrogens with one attached hydrogen (secondary N) is 1. The average molecular weight is 438 g/mol. The molecule has 0 spiro atoms. The maximum atomic E-state index is 13.6. The maximum Gasteiger partial charge on any atom is 0.262 e. The standard InChI is InChI=1S/C25H31N3O2S/c1-17-16-18(2)25(28-14-6-7-15-28)19(3)24(17)26-31(29,30)23-13-9-10-20-21(23)11-8-12-22(20)27(4)5/h8-13,16,26H,6-7,14-15H2,1-5H3. The second-order valence-electron chi connectivity index (χ2n) is 8.68. The van der Waals surface area contributed by atoms with Crippen LogP contribution in [0.1, 0.15) is 29.5 Å². The maximum absolute atomic E-state index is 13.6. The van der Waals surface area contributed by atoms with Crippen LogP contribution in [0, 0.1) is 20.8 Å². The fraction of sp³-hybridized carbons (Fsp3) is 0.360. The molecule has 1 saturated heterocycles. The van der Waals surface area contributed by atoms with E-state index < -0.39 is 10.0 Å². The van der Waals surface area contributed by atoms with Crippen LogP contribution >= 0.6 is 0 Å². The summed E-state index contributed by atoms with van der Waals surface area (Å²) in [5.74, 6) is 0. The van der Waals surface area contributed by atoms with Gasteiger partial charge in [-0.15, -0.1) is 0 Å². The van der Waals surface area contributed by atoms with Gasteiger partial charge in [0.05, 0.1) is 10.6 Å². The molecule has 1 heterocycles. The lowest BCUT2D eigenvalue weighted by atomic mass is 10.0. The van der Waals surface area contributed by atoms with E-state index >= 15 is 0 Å². The van der Waals surface area contributed by atoms with Gasteiger partial charge < -0.3 is 9.80 Å². The predicted molar refractivity (Wildman–Crippen MR) is 131 cm³/mol. The SMILES string of the molecule is Cc1cc(C)c(N2CCCC2)c(C)c1NS(=O)(=O)c1cccc2c(N(C)C)cccc12. The van der Waals surface area contributed by atoms with Crippen LogP contribution in [0.25, 0.3) is 10.8 Å². The molecule has 1 fully saturated rings. The fourth-order valence-electron chi connectivity index (χ4n) is 4.84. The molecule has 6 heteroatoms. The number of anilines is 3. The van der Waals surface area contributed by atoms with Gasteiger partial charge in [-0.3, -0.25) is 4.72 Å². The highest BCUT2D eigenvalue weighted by Crippen LogP contribution is 2.37.